The van der Waals surface area contributed by atoms with E-state index < -0.39 is 0 Å². The third-order valence-corrected chi connectivity index (χ3v) is 5.66. The number of nitrogens with zero attached hydrogens (tertiary/aromatic N) is 2. The summed E-state index contributed by atoms with van der Waals surface area (Å²) in [6, 6.07) is 21.4. The molecule has 0 aliphatic heterocycles. The fraction of sp³-hybridized carbons (Fsp3) is 0.0400. The molecule has 5 heteroatoms. The molecule has 0 spiro atoms. The highest BCUT2D eigenvalue weighted by atomic mass is 35.5. The first-order valence-electron chi connectivity index (χ1n) is 9.62. The smallest absolute Gasteiger partial charge is 0.195 e. The van der Waals surface area contributed by atoms with E-state index in [1.807, 2.05) is 35.9 Å². The Labute approximate surface area is 178 Å². The number of fused-ring (bicyclic) bond motifs is 1. The van der Waals surface area contributed by atoms with E-state index in [9.17, 15) is 4.79 Å². The second-order valence-corrected chi connectivity index (χ2v) is 7.61. The van der Waals surface area contributed by atoms with E-state index >= 15 is 0 Å². The number of carbonyl (C=O) groups is 1. The average Bonchev–Trinajstić information content (AvgIpc) is 3.41. The molecule has 0 aliphatic carbocycles. The number of aromatic nitrogens is 3. The van der Waals surface area contributed by atoms with Gasteiger partial charge in [0.25, 0.3) is 0 Å². The lowest BCUT2D eigenvalue weighted by Gasteiger charge is -2.09. The Hall–Kier alpha value is -3.63. The fourth-order valence-electron chi connectivity index (χ4n) is 3.93. The molecular weight excluding hydrogens is 394 g/mol. The Bertz CT molecular complexity index is 1360. The maximum Gasteiger partial charge on any atom is 0.195 e. The Morgan fingerprint density at radius 3 is 2.50 bits per heavy atom. The largest absolute Gasteiger partial charge is 0.331 e. The molecule has 5 aromatic rings. The van der Waals surface area contributed by atoms with E-state index in [-0.39, 0.29) is 5.78 Å². The van der Waals surface area contributed by atoms with Crippen LogP contribution >= 0.6 is 11.6 Å². The van der Waals surface area contributed by atoms with E-state index in [4.69, 9.17) is 11.6 Å². The first-order valence-corrected chi connectivity index (χ1v) is 10.0. The Morgan fingerprint density at radius 1 is 0.967 bits per heavy atom. The first kappa shape index (κ1) is 18.4. The second kappa shape index (κ2) is 7.32. The van der Waals surface area contributed by atoms with Crippen LogP contribution in [-0.2, 0) is 0 Å². The maximum atomic E-state index is 13.6. The van der Waals surface area contributed by atoms with Gasteiger partial charge in [0.2, 0.25) is 0 Å². The van der Waals surface area contributed by atoms with Crippen molar-refractivity contribution in [2.45, 2.75) is 6.92 Å². The van der Waals surface area contributed by atoms with Crippen molar-refractivity contribution in [2.75, 3.05) is 0 Å². The molecule has 30 heavy (non-hydrogen) atoms. The van der Waals surface area contributed by atoms with Crippen LogP contribution in [0.4, 0.5) is 0 Å². The van der Waals surface area contributed by atoms with Gasteiger partial charge in [-0.05, 0) is 47.5 Å². The fourth-order valence-corrected chi connectivity index (χ4v) is 4.06. The number of rotatable bonds is 4. The van der Waals surface area contributed by atoms with Gasteiger partial charge in [0.05, 0.1) is 18.1 Å². The van der Waals surface area contributed by atoms with E-state index in [2.05, 4.69) is 34.2 Å². The third kappa shape index (κ3) is 3.02. The van der Waals surface area contributed by atoms with Crippen LogP contribution in [0.2, 0.25) is 5.02 Å². The average molecular weight is 412 g/mol. The van der Waals surface area contributed by atoms with Crippen molar-refractivity contribution in [3.8, 4) is 16.9 Å². The van der Waals surface area contributed by atoms with Crippen LogP contribution in [0.3, 0.4) is 0 Å². The number of imidazole rings is 1. The lowest BCUT2D eigenvalue weighted by atomic mass is 9.93. The first-order chi connectivity index (χ1) is 14.6. The van der Waals surface area contributed by atoms with Crippen LogP contribution in [0, 0.1) is 6.92 Å². The number of carbonyl (C=O) groups excluding carboxylic acids is 1. The zero-order valence-corrected chi connectivity index (χ0v) is 17.0. The molecule has 4 nitrogen and oxygen atoms in total. The van der Waals surface area contributed by atoms with E-state index in [0.717, 1.165) is 33.4 Å². The molecule has 2 heterocycles. The molecule has 0 amide bonds. The lowest BCUT2D eigenvalue weighted by molar-refractivity contribution is 0.103. The van der Waals surface area contributed by atoms with E-state index in [0.29, 0.717) is 16.1 Å². The molecule has 2 aromatic heterocycles. The molecule has 0 aliphatic rings. The van der Waals surface area contributed by atoms with Crippen molar-refractivity contribution in [2.24, 2.45) is 0 Å². The van der Waals surface area contributed by atoms with Gasteiger partial charge < -0.3 is 9.55 Å². The maximum absolute atomic E-state index is 13.6. The molecule has 1 N–H and O–H groups in total. The summed E-state index contributed by atoms with van der Waals surface area (Å²) in [5, 5.41) is 2.84. The number of nitrogens with one attached hydrogen (secondary N) is 1. The molecule has 0 saturated heterocycles. The monoisotopic (exact) mass is 411 g/mol. The number of hydrogen-bond acceptors (Lipinski definition) is 2. The van der Waals surface area contributed by atoms with Crippen LogP contribution < -0.4 is 0 Å². The van der Waals surface area contributed by atoms with Gasteiger partial charge in [0.15, 0.2) is 5.78 Å². The molecule has 0 saturated carbocycles. The molecule has 0 radical (unpaired) electrons. The normalized spacial score (nSPS) is 11.1. The van der Waals surface area contributed by atoms with Crippen molar-refractivity contribution in [1.82, 2.24) is 14.5 Å². The highest BCUT2D eigenvalue weighted by Crippen LogP contribution is 2.36. The quantitative estimate of drug-likeness (QED) is 0.357. The predicted molar refractivity (Wildman–Crippen MR) is 120 cm³/mol. The molecule has 0 atom stereocenters. The summed E-state index contributed by atoms with van der Waals surface area (Å²) in [6.07, 6.45) is 5.39. The van der Waals surface area contributed by atoms with Crippen molar-refractivity contribution in [3.05, 3.63) is 107 Å². The van der Waals surface area contributed by atoms with Gasteiger partial charge in [-0.25, -0.2) is 4.98 Å². The van der Waals surface area contributed by atoms with E-state index in [1.165, 1.54) is 0 Å². The molecule has 0 fully saturated rings. The van der Waals surface area contributed by atoms with Crippen LogP contribution in [0.5, 0.6) is 0 Å². The predicted octanol–water partition coefficient (Wildman–Crippen LogP) is 6.21. The Kier molecular flexibility index (Phi) is 4.49. The molecule has 146 valence electrons. The van der Waals surface area contributed by atoms with Crippen LogP contribution in [-0.4, -0.2) is 20.3 Å². The second-order valence-electron chi connectivity index (χ2n) is 7.17. The van der Waals surface area contributed by atoms with Gasteiger partial charge in [0, 0.05) is 28.0 Å². The number of halogens is 1. The van der Waals surface area contributed by atoms with Crippen molar-refractivity contribution in [1.29, 1.82) is 0 Å². The van der Waals surface area contributed by atoms with Crippen molar-refractivity contribution in [3.63, 3.8) is 0 Å². The Balaban J connectivity index is 1.78. The highest BCUT2D eigenvalue weighted by molar-refractivity contribution is 6.30. The zero-order valence-electron chi connectivity index (χ0n) is 16.3. The van der Waals surface area contributed by atoms with Gasteiger partial charge in [-0.15, -0.1) is 0 Å². The van der Waals surface area contributed by atoms with Crippen LogP contribution in [0.25, 0.3) is 27.7 Å². The van der Waals surface area contributed by atoms with Gasteiger partial charge in [0.1, 0.15) is 5.82 Å². The summed E-state index contributed by atoms with van der Waals surface area (Å²) < 4.78 is 1.98. The number of H-pyrrole nitrogens is 1. The topological polar surface area (TPSA) is 50.7 Å². The van der Waals surface area contributed by atoms with Gasteiger partial charge in [-0.1, -0.05) is 54.1 Å². The number of ketones is 1. The molecular formula is C25H18ClN3O. The van der Waals surface area contributed by atoms with Gasteiger partial charge in [-0.3, -0.25) is 4.79 Å². The Morgan fingerprint density at radius 2 is 1.73 bits per heavy atom. The molecule has 5 rings (SSSR count). The molecule has 0 unspecified atom stereocenters. The SMILES string of the molecule is Cc1c(C(=O)c2ccc(Cl)cc2)c(-c2cccc3ccccc23)cn1-c1cnc[nH]1. The molecule has 0 bridgehead atoms. The summed E-state index contributed by atoms with van der Waals surface area (Å²) in [6.45, 7) is 1.96. The van der Waals surface area contributed by atoms with E-state index in [1.54, 1.807) is 36.8 Å². The summed E-state index contributed by atoms with van der Waals surface area (Å²) >= 11 is 6.03. The van der Waals surface area contributed by atoms with Crippen LogP contribution in [0.15, 0.2) is 85.5 Å². The third-order valence-electron chi connectivity index (χ3n) is 5.41. The molecule has 3 aromatic carbocycles. The standard InChI is InChI=1S/C25H18ClN3O/c1-16-24(25(30)18-9-11-19(26)12-10-18)22(14-29(16)23-13-27-15-28-23)21-8-4-6-17-5-2-3-7-20(17)21/h2-15H,1H3,(H,27,28). The van der Waals surface area contributed by atoms with Crippen molar-refractivity contribution < 1.29 is 4.79 Å². The number of aromatic amines is 1. The zero-order chi connectivity index (χ0) is 20.7. The highest BCUT2D eigenvalue weighted by Gasteiger charge is 2.23. The number of benzene rings is 3. The van der Waals surface area contributed by atoms with Gasteiger partial charge in [-0.2, -0.15) is 0 Å². The minimum Gasteiger partial charge on any atom is -0.331 e. The van der Waals surface area contributed by atoms with Crippen molar-refractivity contribution >= 4 is 28.2 Å². The van der Waals surface area contributed by atoms with Gasteiger partial charge >= 0.3 is 0 Å². The summed E-state index contributed by atoms with van der Waals surface area (Å²) in [5.74, 6) is 0.773. The van der Waals surface area contributed by atoms with Crippen LogP contribution in [0.1, 0.15) is 21.6 Å². The summed E-state index contributed by atoms with van der Waals surface area (Å²) in [4.78, 5) is 20.9. The number of hydrogen-bond donors (Lipinski definition) is 1. The minimum atomic E-state index is -0.0367. The lowest BCUT2D eigenvalue weighted by Crippen LogP contribution is -2.05. The summed E-state index contributed by atoms with van der Waals surface area (Å²) in [5.41, 5.74) is 4.03. The summed E-state index contributed by atoms with van der Waals surface area (Å²) in [7, 11) is 0. The minimum absolute atomic E-state index is 0.0367.